The molecule has 1 aliphatic carbocycles. The minimum Gasteiger partial charge on any atom is -0.370 e. The van der Waals surface area contributed by atoms with Crippen LogP contribution in [0.2, 0.25) is 0 Å². The fraction of sp³-hybridized carbons (Fsp3) is 0.500. The van der Waals surface area contributed by atoms with Gasteiger partial charge in [-0.2, -0.15) is 5.26 Å². The summed E-state index contributed by atoms with van der Waals surface area (Å²) in [6.45, 7) is 4.72. The first-order valence-electron chi connectivity index (χ1n) is 10.4. The van der Waals surface area contributed by atoms with Gasteiger partial charge in [0.05, 0.1) is 23.5 Å². The molecule has 0 atom stereocenters. The number of benzene rings is 1. The highest BCUT2D eigenvalue weighted by Gasteiger charge is 2.32. The summed E-state index contributed by atoms with van der Waals surface area (Å²) >= 11 is 0. The van der Waals surface area contributed by atoms with Crippen molar-refractivity contribution in [2.45, 2.75) is 77.0 Å². The van der Waals surface area contributed by atoms with Crippen LogP contribution in [0.1, 0.15) is 73.9 Å². The van der Waals surface area contributed by atoms with Crippen LogP contribution in [-0.2, 0) is 24.2 Å². The second-order valence-corrected chi connectivity index (χ2v) is 8.72. The summed E-state index contributed by atoms with van der Waals surface area (Å²) in [7, 11) is 0. The van der Waals surface area contributed by atoms with Gasteiger partial charge in [0, 0.05) is 24.4 Å². The molecule has 2 heterocycles. The molecule has 0 unspecified atom stereocenters. The first kappa shape index (κ1) is 19.0. The summed E-state index contributed by atoms with van der Waals surface area (Å²) < 4.78 is 6.09. The van der Waals surface area contributed by atoms with Gasteiger partial charge in [0.1, 0.15) is 11.9 Å². The normalized spacial score (nSPS) is 18.9. The van der Waals surface area contributed by atoms with Crippen LogP contribution in [0.3, 0.4) is 0 Å². The third kappa shape index (κ3) is 4.05. The lowest BCUT2D eigenvalue weighted by Crippen LogP contribution is -2.34. The predicted molar refractivity (Wildman–Crippen MR) is 111 cm³/mol. The average Bonchev–Trinajstić information content (AvgIpc) is 2.69. The molecule has 4 rings (SSSR count). The lowest BCUT2D eigenvalue weighted by atomic mass is 9.87. The standard InChI is InChI=1S/C24H29N3O/c1-24(2)14-19-20(15-25)22(13-17-9-5-3-6-10-17)27-23(21(19)16-28-24)26-18-11-7-4-8-12-18/h3,5-6,9-10,18H,4,7-8,11-14,16H2,1-2H3,(H,26,27). The van der Waals surface area contributed by atoms with Crippen molar-refractivity contribution in [2.24, 2.45) is 0 Å². The molecule has 1 aromatic heterocycles. The van der Waals surface area contributed by atoms with E-state index in [1.165, 1.54) is 37.7 Å². The van der Waals surface area contributed by atoms with Crippen LogP contribution in [0.5, 0.6) is 0 Å². The van der Waals surface area contributed by atoms with E-state index in [-0.39, 0.29) is 5.60 Å². The Balaban J connectivity index is 1.76. The van der Waals surface area contributed by atoms with E-state index in [0.717, 1.165) is 34.6 Å². The van der Waals surface area contributed by atoms with Crippen molar-refractivity contribution in [1.29, 1.82) is 5.26 Å². The van der Waals surface area contributed by atoms with E-state index in [1.807, 2.05) is 18.2 Å². The van der Waals surface area contributed by atoms with Crippen molar-refractivity contribution in [1.82, 2.24) is 4.98 Å². The molecule has 2 aliphatic rings. The number of pyridine rings is 1. The number of fused-ring (bicyclic) bond motifs is 1. The van der Waals surface area contributed by atoms with Crippen molar-refractivity contribution in [3.8, 4) is 6.07 Å². The zero-order chi connectivity index (χ0) is 19.6. The Bertz CT molecular complexity index is 877. The Labute approximate surface area is 167 Å². The summed E-state index contributed by atoms with van der Waals surface area (Å²) in [6, 6.07) is 13.2. The smallest absolute Gasteiger partial charge is 0.132 e. The molecule has 0 radical (unpaired) electrons. The number of nitrogens with zero attached hydrogens (tertiary/aromatic N) is 2. The molecule has 0 bridgehead atoms. The van der Waals surface area contributed by atoms with Crippen LogP contribution in [0, 0.1) is 11.3 Å². The number of hydrogen-bond acceptors (Lipinski definition) is 4. The summed E-state index contributed by atoms with van der Waals surface area (Å²) in [6.07, 6.45) is 7.68. The lowest BCUT2D eigenvalue weighted by Gasteiger charge is -2.34. The Morgan fingerprint density at radius 3 is 2.61 bits per heavy atom. The highest BCUT2D eigenvalue weighted by molar-refractivity contribution is 5.59. The number of anilines is 1. The number of ether oxygens (including phenoxy) is 1. The van der Waals surface area contributed by atoms with Crippen molar-refractivity contribution < 1.29 is 4.74 Å². The Morgan fingerprint density at radius 1 is 1.14 bits per heavy atom. The molecule has 4 heteroatoms. The maximum atomic E-state index is 9.98. The van der Waals surface area contributed by atoms with E-state index in [4.69, 9.17) is 9.72 Å². The Kier molecular flexibility index (Phi) is 5.37. The molecule has 1 fully saturated rings. The predicted octanol–water partition coefficient (Wildman–Crippen LogP) is 5.14. The maximum absolute atomic E-state index is 9.98. The number of hydrogen-bond donors (Lipinski definition) is 1. The number of aromatic nitrogens is 1. The fourth-order valence-corrected chi connectivity index (χ4v) is 4.43. The van der Waals surface area contributed by atoms with E-state index in [1.54, 1.807) is 0 Å². The van der Waals surface area contributed by atoms with Crippen molar-refractivity contribution in [3.05, 3.63) is 58.3 Å². The largest absolute Gasteiger partial charge is 0.370 e. The van der Waals surface area contributed by atoms with Gasteiger partial charge in [-0.15, -0.1) is 0 Å². The summed E-state index contributed by atoms with van der Waals surface area (Å²) in [4.78, 5) is 4.98. The molecule has 0 amide bonds. The average molecular weight is 376 g/mol. The second kappa shape index (κ2) is 7.93. The van der Waals surface area contributed by atoms with Gasteiger partial charge in [0.15, 0.2) is 0 Å². The summed E-state index contributed by atoms with van der Waals surface area (Å²) in [5.74, 6) is 0.933. The van der Waals surface area contributed by atoms with Crippen LogP contribution in [0.25, 0.3) is 0 Å². The van der Waals surface area contributed by atoms with Gasteiger partial charge >= 0.3 is 0 Å². The van der Waals surface area contributed by atoms with Gasteiger partial charge in [-0.05, 0) is 37.8 Å². The highest BCUT2D eigenvalue weighted by Crippen LogP contribution is 2.36. The van der Waals surface area contributed by atoms with E-state index < -0.39 is 0 Å². The van der Waals surface area contributed by atoms with Crippen molar-refractivity contribution in [2.75, 3.05) is 5.32 Å². The summed E-state index contributed by atoms with van der Waals surface area (Å²) in [5, 5.41) is 13.7. The third-order valence-electron chi connectivity index (χ3n) is 5.97. The van der Waals surface area contributed by atoms with Gasteiger partial charge in [0.2, 0.25) is 0 Å². The molecular weight excluding hydrogens is 346 g/mol. The Hall–Kier alpha value is -2.38. The monoisotopic (exact) mass is 375 g/mol. The van der Waals surface area contributed by atoms with Crippen molar-refractivity contribution in [3.63, 3.8) is 0 Å². The van der Waals surface area contributed by atoms with Crippen LogP contribution < -0.4 is 5.32 Å². The molecule has 28 heavy (non-hydrogen) atoms. The quantitative estimate of drug-likeness (QED) is 0.804. The van der Waals surface area contributed by atoms with Crippen LogP contribution in [0.15, 0.2) is 30.3 Å². The molecule has 0 spiro atoms. The number of rotatable bonds is 4. The van der Waals surface area contributed by atoms with E-state index in [2.05, 4.69) is 37.4 Å². The minimum atomic E-state index is -0.258. The van der Waals surface area contributed by atoms with E-state index >= 15 is 0 Å². The first-order valence-corrected chi connectivity index (χ1v) is 10.4. The van der Waals surface area contributed by atoms with Crippen LogP contribution in [-0.4, -0.2) is 16.6 Å². The zero-order valence-corrected chi connectivity index (χ0v) is 16.9. The van der Waals surface area contributed by atoms with Gasteiger partial charge in [0.25, 0.3) is 0 Å². The van der Waals surface area contributed by atoms with Gasteiger partial charge in [-0.1, -0.05) is 49.6 Å². The number of nitrogens with one attached hydrogen (secondary N) is 1. The fourth-order valence-electron chi connectivity index (χ4n) is 4.43. The SMILES string of the molecule is CC1(C)Cc2c(C#N)c(Cc3ccccc3)nc(NC3CCCCC3)c2CO1. The zero-order valence-electron chi connectivity index (χ0n) is 16.9. The van der Waals surface area contributed by atoms with E-state index in [0.29, 0.717) is 19.1 Å². The molecule has 4 nitrogen and oxygen atoms in total. The van der Waals surface area contributed by atoms with E-state index in [9.17, 15) is 5.26 Å². The van der Waals surface area contributed by atoms with Crippen molar-refractivity contribution >= 4 is 5.82 Å². The Morgan fingerprint density at radius 2 is 1.89 bits per heavy atom. The summed E-state index contributed by atoms with van der Waals surface area (Å²) in [5.41, 5.74) is 4.75. The first-order chi connectivity index (χ1) is 13.6. The highest BCUT2D eigenvalue weighted by atomic mass is 16.5. The van der Waals surface area contributed by atoms with Gasteiger partial charge in [-0.25, -0.2) is 4.98 Å². The lowest BCUT2D eigenvalue weighted by molar-refractivity contribution is -0.0400. The molecule has 1 N–H and O–H groups in total. The van der Waals surface area contributed by atoms with Crippen LogP contribution in [0.4, 0.5) is 5.82 Å². The maximum Gasteiger partial charge on any atom is 0.132 e. The molecule has 1 aromatic carbocycles. The topological polar surface area (TPSA) is 57.9 Å². The molecule has 1 saturated carbocycles. The van der Waals surface area contributed by atoms with Crippen LogP contribution >= 0.6 is 0 Å². The van der Waals surface area contributed by atoms with Gasteiger partial charge in [-0.3, -0.25) is 0 Å². The third-order valence-corrected chi connectivity index (χ3v) is 5.97. The molecule has 0 saturated heterocycles. The minimum absolute atomic E-state index is 0.258. The molecule has 2 aromatic rings. The van der Waals surface area contributed by atoms with Gasteiger partial charge < -0.3 is 10.1 Å². The molecule has 146 valence electrons. The molecular formula is C24H29N3O. The number of nitriles is 1. The second-order valence-electron chi connectivity index (χ2n) is 8.72. The molecule has 1 aliphatic heterocycles.